The van der Waals surface area contributed by atoms with E-state index in [1.54, 1.807) is 0 Å². The van der Waals surface area contributed by atoms with E-state index < -0.39 is 46.7 Å². The van der Waals surface area contributed by atoms with Gasteiger partial charge in [-0.3, -0.25) is 8.42 Å². The van der Waals surface area contributed by atoms with E-state index in [1.165, 1.54) is 0 Å². The molecule has 0 spiro atoms. The van der Waals surface area contributed by atoms with Gasteiger partial charge in [0.2, 0.25) is 0 Å². The first kappa shape index (κ1) is 30.2. The summed E-state index contributed by atoms with van der Waals surface area (Å²) in [5.41, 5.74) is 0. The normalized spacial score (nSPS) is 18.4. The van der Waals surface area contributed by atoms with Crippen molar-refractivity contribution in [3.05, 3.63) is 11.5 Å². The Morgan fingerprint density at radius 3 is 1.85 bits per heavy atom. The molecule has 0 unspecified atom stereocenters. The molecule has 0 aliphatic carbocycles. The summed E-state index contributed by atoms with van der Waals surface area (Å²) in [7, 11) is -5.17. The van der Waals surface area contributed by atoms with Crippen LogP contribution >= 0.6 is 0 Å². The van der Waals surface area contributed by atoms with Crippen LogP contribution in [0.1, 0.15) is 0 Å². The summed E-state index contributed by atoms with van der Waals surface area (Å²) in [5.74, 6) is -3.20. The summed E-state index contributed by atoms with van der Waals surface area (Å²) in [6.45, 7) is -0.711. The van der Waals surface area contributed by atoms with Crippen molar-refractivity contribution < 1.29 is 158 Å². The number of aliphatic hydroxyl groups is 3. The fourth-order valence-corrected chi connectivity index (χ4v) is 0.809. The largest absolute Gasteiger partial charge is 1.00 e. The third-order valence-corrected chi connectivity index (χ3v) is 1.46. The molecule has 1 aliphatic rings. The van der Waals surface area contributed by atoms with Crippen molar-refractivity contribution in [2.24, 2.45) is 0 Å². The van der Waals surface area contributed by atoms with Crippen LogP contribution in [0, 0.1) is 0 Å². The summed E-state index contributed by atoms with van der Waals surface area (Å²) in [6.07, 6.45) is -2.95. The topological polar surface area (TPSA) is 190 Å². The van der Waals surface area contributed by atoms with Gasteiger partial charge >= 0.3 is 116 Å². The zero-order valence-corrected chi connectivity index (χ0v) is 18.9. The smallest absolute Gasteiger partial charge is 0.870 e. The molecule has 3 N–H and O–H groups in total. The second kappa shape index (κ2) is 13.7. The van der Waals surface area contributed by atoms with Crippen molar-refractivity contribution in [1.29, 1.82) is 0 Å². The van der Waals surface area contributed by atoms with Gasteiger partial charge in [0.25, 0.3) is 0 Å². The second-order valence-electron chi connectivity index (χ2n) is 2.70. The summed E-state index contributed by atoms with van der Waals surface area (Å²) in [6, 6.07) is 0. The van der Waals surface area contributed by atoms with Crippen molar-refractivity contribution in [2.45, 2.75) is 12.2 Å². The number of aliphatic hydroxyl groups excluding tert-OH is 3. The molecular formula is C6H7KNa2O10S. The van der Waals surface area contributed by atoms with E-state index in [1.807, 2.05) is 0 Å². The fraction of sp³-hybridized carbons (Fsp3) is 0.500. The molecule has 1 aliphatic heterocycles. The maximum atomic E-state index is 10.8. The zero-order valence-electron chi connectivity index (χ0n) is 11.0. The molecule has 20 heavy (non-hydrogen) atoms. The Bertz CT molecular complexity index is 415. The van der Waals surface area contributed by atoms with Crippen LogP contribution in [-0.2, 0) is 19.9 Å². The van der Waals surface area contributed by atoms with Crippen LogP contribution < -0.4 is 116 Å². The Hall–Kier alpha value is 2.24. The summed E-state index contributed by atoms with van der Waals surface area (Å²) in [5, 5.41) is 36.8. The Balaban J connectivity index is -0.000000141. The van der Waals surface area contributed by atoms with Gasteiger partial charge in [0.1, 0.15) is 12.2 Å². The molecule has 0 bridgehead atoms. The average molecular weight is 356 g/mol. The van der Waals surface area contributed by atoms with Crippen molar-refractivity contribution in [3.8, 4) is 0 Å². The van der Waals surface area contributed by atoms with E-state index in [9.17, 15) is 9.90 Å². The van der Waals surface area contributed by atoms with Gasteiger partial charge in [-0.25, -0.2) is 4.79 Å². The monoisotopic (exact) mass is 356 g/mol. The molecule has 0 radical (unpaired) electrons. The summed E-state index contributed by atoms with van der Waals surface area (Å²) < 4.78 is 38.3. The molecule has 2 atom stereocenters. The molecule has 0 aromatic heterocycles. The molecule has 0 aromatic carbocycles. The number of hydrogen-bond donors (Lipinski definition) is 3. The molecule has 10 nitrogen and oxygen atoms in total. The molecule has 0 fully saturated rings. The minimum absolute atomic E-state index is 0. The number of ether oxygens (including phenoxy) is 1. The maximum absolute atomic E-state index is 10.8. The van der Waals surface area contributed by atoms with Gasteiger partial charge in [0, 0.05) is 10.4 Å². The van der Waals surface area contributed by atoms with E-state index in [2.05, 4.69) is 4.74 Å². The van der Waals surface area contributed by atoms with Crippen LogP contribution in [0.3, 0.4) is 0 Å². The molecule has 0 aromatic rings. The molecule has 14 heteroatoms. The van der Waals surface area contributed by atoms with Gasteiger partial charge in [-0.05, 0) is 5.76 Å². The van der Waals surface area contributed by atoms with E-state index >= 15 is 0 Å². The Morgan fingerprint density at radius 2 is 1.65 bits per heavy atom. The molecule has 0 saturated heterocycles. The molecule has 0 amide bonds. The SMILES string of the molecule is O=C1O[C@H]([C@@H](O)CO)C([O-])=C1O.O=S(=O)([O-])[O-].[K+].[Na+].[Na+]. The van der Waals surface area contributed by atoms with Crippen molar-refractivity contribution in [2.75, 3.05) is 6.61 Å². The van der Waals surface area contributed by atoms with Crippen LogP contribution in [0.15, 0.2) is 11.5 Å². The van der Waals surface area contributed by atoms with E-state index in [0.29, 0.717) is 0 Å². The number of carbonyl (C=O) groups is 1. The van der Waals surface area contributed by atoms with Crippen LogP contribution in [0.2, 0.25) is 0 Å². The number of carbonyl (C=O) groups excluding carboxylic acids is 1. The van der Waals surface area contributed by atoms with E-state index in [4.69, 9.17) is 32.8 Å². The predicted molar refractivity (Wildman–Crippen MR) is 43.1 cm³/mol. The minimum atomic E-state index is -5.17. The summed E-state index contributed by atoms with van der Waals surface area (Å²) >= 11 is 0. The Morgan fingerprint density at radius 1 is 1.30 bits per heavy atom. The molecule has 1 heterocycles. The number of esters is 1. The van der Waals surface area contributed by atoms with Crippen LogP contribution in [0.4, 0.5) is 0 Å². The fourth-order valence-electron chi connectivity index (χ4n) is 0.809. The standard InChI is InChI=1S/C6H8O6.K.2Na.H2O4S/c7-1-2(8)5-3(9)4(10)6(11)12-5;;;;1-5(2,3)4/h2,5,7-10H,1H2;;;;(H2,1,2,3,4)/q;3*+1;/p-3/t2-,5+;;;;/m0..../s1. The first-order valence-corrected chi connectivity index (χ1v) is 5.18. The number of rotatable bonds is 2. The second-order valence-corrected chi connectivity index (χ2v) is 3.51. The van der Waals surface area contributed by atoms with E-state index in [0.717, 1.165) is 0 Å². The van der Waals surface area contributed by atoms with Crippen molar-refractivity contribution in [1.82, 2.24) is 0 Å². The van der Waals surface area contributed by atoms with Crippen LogP contribution in [-0.4, -0.2) is 57.6 Å². The number of cyclic esters (lactones) is 1. The zero-order chi connectivity index (χ0) is 13.8. The molecular weight excluding hydrogens is 349 g/mol. The quantitative estimate of drug-likeness (QED) is 0.185. The van der Waals surface area contributed by atoms with Gasteiger partial charge < -0.3 is 34.3 Å². The van der Waals surface area contributed by atoms with Gasteiger partial charge in [-0.2, -0.15) is 0 Å². The van der Waals surface area contributed by atoms with Gasteiger partial charge in [-0.15, -0.1) is 0 Å². The van der Waals surface area contributed by atoms with Crippen molar-refractivity contribution >= 4 is 16.4 Å². The van der Waals surface area contributed by atoms with Crippen molar-refractivity contribution in [3.63, 3.8) is 0 Å². The van der Waals surface area contributed by atoms with Crippen LogP contribution in [0.5, 0.6) is 0 Å². The van der Waals surface area contributed by atoms with E-state index in [-0.39, 0.29) is 110 Å². The van der Waals surface area contributed by atoms with Gasteiger partial charge in [0.05, 0.1) is 6.61 Å². The Labute approximate surface area is 201 Å². The third-order valence-electron chi connectivity index (χ3n) is 1.46. The number of hydrogen-bond acceptors (Lipinski definition) is 10. The average Bonchev–Trinajstić information content (AvgIpc) is 2.42. The maximum Gasteiger partial charge on any atom is 1.00 e. The molecule has 1 rings (SSSR count). The first-order valence-electron chi connectivity index (χ1n) is 3.84. The first-order chi connectivity index (χ1) is 7.57. The molecule has 100 valence electrons. The van der Waals surface area contributed by atoms with Gasteiger partial charge in [-0.1, -0.05) is 0 Å². The molecule has 0 saturated carbocycles. The van der Waals surface area contributed by atoms with Gasteiger partial charge in [0.15, 0.2) is 5.76 Å². The Kier molecular flexibility index (Phi) is 20.6. The predicted octanol–water partition coefficient (Wildman–Crippen LogP) is -12.9. The minimum Gasteiger partial charge on any atom is -0.870 e. The summed E-state index contributed by atoms with van der Waals surface area (Å²) in [4.78, 5) is 10.5. The van der Waals surface area contributed by atoms with Crippen LogP contribution in [0.25, 0.3) is 0 Å². The third kappa shape index (κ3) is 12.7.